The van der Waals surface area contributed by atoms with Crippen LogP contribution in [0.2, 0.25) is 5.02 Å². The van der Waals surface area contributed by atoms with Crippen LogP contribution in [0.3, 0.4) is 0 Å². The zero-order valence-corrected chi connectivity index (χ0v) is 15.1. The first kappa shape index (κ1) is 20.5. The summed E-state index contributed by atoms with van der Waals surface area (Å²) in [5.41, 5.74) is 0.496. The minimum atomic E-state index is -4.59. The first-order chi connectivity index (χ1) is 13.7. The van der Waals surface area contributed by atoms with Gasteiger partial charge >= 0.3 is 6.18 Å². The summed E-state index contributed by atoms with van der Waals surface area (Å²) in [4.78, 5) is 23.5. The zero-order chi connectivity index (χ0) is 21.0. The molecule has 0 aliphatic rings. The molecular formula is C18H11ClF4N4O2. The largest absolute Gasteiger partial charge is 0.468 e. The number of carbonyl (C=O) groups excluding carboxylic acids is 1. The van der Waals surface area contributed by atoms with Crippen molar-refractivity contribution in [3.05, 3.63) is 65.6 Å². The van der Waals surface area contributed by atoms with E-state index in [-0.39, 0.29) is 33.3 Å². The van der Waals surface area contributed by atoms with Gasteiger partial charge in [-0.2, -0.15) is 13.2 Å². The molecule has 0 saturated carbocycles. The van der Waals surface area contributed by atoms with E-state index in [4.69, 9.17) is 16.3 Å². The van der Waals surface area contributed by atoms with Crippen molar-refractivity contribution in [3.8, 4) is 17.0 Å². The molecular weight excluding hydrogens is 416 g/mol. The fourth-order valence-corrected chi connectivity index (χ4v) is 2.39. The first-order valence-electron chi connectivity index (χ1n) is 7.94. The highest BCUT2D eigenvalue weighted by molar-refractivity contribution is 6.30. The maximum absolute atomic E-state index is 13.8. The quantitative estimate of drug-likeness (QED) is 0.607. The molecule has 1 N–H and O–H groups in total. The van der Waals surface area contributed by atoms with Crippen LogP contribution in [-0.4, -0.2) is 33.6 Å². The lowest BCUT2D eigenvalue weighted by Gasteiger charge is -2.14. The number of hydrogen-bond donors (Lipinski definition) is 1. The Labute approximate surface area is 166 Å². The summed E-state index contributed by atoms with van der Waals surface area (Å²) in [5.74, 6) is -1.73. The van der Waals surface area contributed by atoms with Crippen molar-refractivity contribution in [1.29, 1.82) is 0 Å². The number of alkyl halides is 3. The summed E-state index contributed by atoms with van der Waals surface area (Å²) in [6.07, 6.45) is 0.337. The number of amides is 1. The van der Waals surface area contributed by atoms with E-state index in [1.54, 1.807) is 0 Å². The minimum Gasteiger partial charge on any atom is -0.468 e. The molecule has 0 unspecified atom stereocenters. The first-order valence-corrected chi connectivity index (χ1v) is 8.32. The van der Waals surface area contributed by atoms with Gasteiger partial charge in [-0.3, -0.25) is 4.79 Å². The van der Waals surface area contributed by atoms with Crippen molar-refractivity contribution < 1.29 is 27.1 Å². The van der Waals surface area contributed by atoms with Crippen LogP contribution in [0.25, 0.3) is 11.1 Å². The Hall–Kier alpha value is -3.27. The van der Waals surface area contributed by atoms with Crippen LogP contribution in [0.1, 0.15) is 10.4 Å². The molecule has 29 heavy (non-hydrogen) atoms. The molecule has 3 aromatic rings. The van der Waals surface area contributed by atoms with Gasteiger partial charge in [0.1, 0.15) is 12.1 Å². The van der Waals surface area contributed by atoms with Crippen LogP contribution in [0.4, 0.5) is 23.2 Å². The fraction of sp³-hybridized carbons (Fsp3) is 0.111. The lowest BCUT2D eigenvalue weighted by molar-refractivity contribution is -0.154. The molecule has 6 nitrogen and oxygen atoms in total. The highest BCUT2D eigenvalue weighted by Gasteiger charge is 2.29. The Morgan fingerprint density at radius 1 is 1.14 bits per heavy atom. The second kappa shape index (κ2) is 8.39. The normalized spacial score (nSPS) is 11.2. The number of pyridine rings is 1. The minimum absolute atomic E-state index is 0.0342. The number of benzene rings is 1. The predicted molar refractivity (Wildman–Crippen MR) is 96.2 cm³/mol. The molecule has 2 heterocycles. The number of halogens is 5. The molecule has 1 aromatic carbocycles. The summed E-state index contributed by atoms with van der Waals surface area (Å²) < 4.78 is 56.2. The predicted octanol–water partition coefficient (Wildman–Crippen LogP) is 4.52. The topological polar surface area (TPSA) is 77.0 Å². The number of carbonyl (C=O) groups is 1. The summed E-state index contributed by atoms with van der Waals surface area (Å²) in [6.45, 7) is -1.59. The van der Waals surface area contributed by atoms with Crippen molar-refractivity contribution in [1.82, 2.24) is 15.0 Å². The SMILES string of the molecule is O=C(Nc1cnc(OCC(F)(F)F)c(-c2ccc(Cl)c(F)c2)c1)c1cncnc1. The Kier molecular flexibility index (Phi) is 5.92. The van der Waals surface area contributed by atoms with E-state index >= 15 is 0 Å². The lowest BCUT2D eigenvalue weighted by atomic mass is 10.1. The van der Waals surface area contributed by atoms with Crippen molar-refractivity contribution in [2.45, 2.75) is 6.18 Å². The van der Waals surface area contributed by atoms with Crippen molar-refractivity contribution in [2.75, 3.05) is 11.9 Å². The van der Waals surface area contributed by atoms with Gasteiger partial charge in [-0.05, 0) is 23.8 Å². The highest BCUT2D eigenvalue weighted by Crippen LogP contribution is 2.33. The van der Waals surface area contributed by atoms with Gasteiger partial charge in [0.2, 0.25) is 5.88 Å². The molecule has 0 aliphatic heterocycles. The molecule has 11 heteroatoms. The third-order valence-electron chi connectivity index (χ3n) is 3.53. The van der Waals surface area contributed by atoms with Crippen LogP contribution < -0.4 is 10.1 Å². The third-order valence-corrected chi connectivity index (χ3v) is 3.84. The van der Waals surface area contributed by atoms with Gasteiger partial charge in [-0.1, -0.05) is 17.7 Å². The number of nitrogens with zero attached hydrogens (tertiary/aromatic N) is 3. The summed E-state index contributed by atoms with van der Waals surface area (Å²) in [5, 5.41) is 2.36. The van der Waals surface area contributed by atoms with Crippen molar-refractivity contribution in [2.24, 2.45) is 0 Å². The van der Waals surface area contributed by atoms with Crippen LogP contribution in [0, 0.1) is 5.82 Å². The van der Waals surface area contributed by atoms with Gasteiger partial charge in [-0.25, -0.2) is 19.3 Å². The maximum Gasteiger partial charge on any atom is 0.422 e. The Balaban J connectivity index is 1.95. The molecule has 3 rings (SSSR count). The third kappa shape index (κ3) is 5.38. The van der Waals surface area contributed by atoms with E-state index < -0.39 is 24.5 Å². The Bertz CT molecular complexity index is 1030. The van der Waals surface area contributed by atoms with Gasteiger partial charge in [0, 0.05) is 18.0 Å². The van der Waals surface area contributed by atoms with Gasteiger partial charge in [-0.15, -0.1) is 0 Å². The van der Waals surface area contributed by atoms with E-state index in [1.807, 2.05) is 0 Å². The molecule has 1 amide bonds. The van der Waals surface area contributed by atoms with Crippen LogP contribution in [0.5, 0.6) is 5.88 Å². The average Bonchev–Trinajstić information content (AvgIpc) is 2.69. The molecule has 0 atom stereocenters. The number of nitrogens with one attached hydrogen (secondary N) is 1. The highest BCUT2D eigenvalue weighted by atomic mass is 35.5. The molecule has 0 radical (unpaired) electrons. The van der Waals surface area contributed by atoms with Gasteiger partial charge in [0.05, 0.1) is 22.5 Å². The number of rotatable bonds is 5. The summed E-state index contributed by atoms with van der Waals surface area (Å²) in [7, 11) is 0. The maximum atomic E-state index is 13.8. The second-order valence-corrected chi connectivity index (χ2v) is 6.10. The number of aromatic nitrogens is 3. The molecule has 0 spiro atoms. The van der Waals surface area contributed by atoms with Gasteiger partial charge < -0.3 is 10.1 Å². The van der Waals surface area contributed by atoms with E-state index in [9.17, 15) is 22.4 Å². The van der Waals surface area contributed by atoms with Crippen LogP contribution >= 0.6 is 11.6 Å². The van der Waals surface area contributed by atoms with Crippen molar-refractivity contribution in [3.63, 3.8) is 0 Å². The van der Waals surface area contributed by atoms with E-state index in [0.29, 0.717) is 0 Å². The fourth-order valence-electron chi connectivity index (χ4n) is 2.28. The molecule has 0 aliphatic carbocycles. The number of hydrogen-bond acceptors (Lipinski definition) is 5. The molecule has 150 valence electrons. The Morgan fingerprint density at radius 3 is 2.52 bits per heavy atom. The van der Waals surface area contributed by atoms with Crippen LogP contribution in [0.15, 0.2) is 49.2 Å². The van der Waals surface area contributed by atoms with Gasteiger partial charge in [0.15, 0.2) is 6.61 Å². The van der Waals surface area contributed by atoms with E-state index in [2.05, 4.69) is 20.3 Å². The second-order valence-electron chi connectivity index (χ2n) is 5.69. The standard InChI is InChI=1S/C18H11ClF4N4O2/c19-14-2-1-10(3-15(14)20)13-4-12(7-26-17(13)29-8-18(21,22)23)27-16(28)11-5-24-9-25-6-11/h1-7,9H,8H2,(H,27,28). The number of ether oxygens (including phenoxy) is 1. The summed E-state index contributed by atoms with van der Waals surface area (Å²) >= 11 is 5.66. The zero-order valence-electron chi connectivity index (χ0n) is 14.4. The van der Waals surface area contributed by atoms with E-state index in [0.717, 1.165) is 12.3 Å². The van der Waals surface area contributed by atoms with Crippen molar-refractivity contribution >= 4 is 23.2 Å². The number of anilines is 1. The molecule has 0 fully saturated rings. The Morgan fingerprint density at radius 2 is 1.86 bits per heavy atom. The molecule has 2 aromatic heterocycles. The summed E-state index contributed by atoms with van der Waals surface area (Å²) in [6, 6.07) is 4.96. The smallest absolute Gasteiger partial charge is 0.422 e. The average molecular weight is 427 g/mol. The monoisotopic (exact) mass is 426 g/mol. The van der Waals surface area contributed by atoms with E-state index in [1.165, 1.54) is 36.9 Å². The van der Waals surface area contributed by atoms with Gasteiger partial charge in [0.25, 0.3) is 5.91 Å². The molecule has 0 saturated heterocycles. The molecule has 0 bridgehead atoms. The van der Waals surface area contributed by atoms with Crippen LogP contribution in [-0.2, 0) is 0 Å². The lowest BCUT2D eigenvalue weighted by Crippen LogP contribution is -2.20.